The van der Waals surface area contributed by atoms with Crippen molar-refractivity contribution in [1.82, 2.24) is 20.6 Å². The summed E-state index contributed by atoms with van der Waals surface area (Å²) in [7, 11) is 1.52. The van der Waals surface area contributed by atoms with Crippen LogP contribution in [-0.4, -0.2) is 41.0 Å². The Balaban J connectivity index is 1.76. The molecule has 3 N–H and O–H groups in total. The number of benzene rings is 2. The molecule has 8 nitrogen and oxygen atoms in total. The highest BCUT2D eigenvalue weighted by atomic mass is 35.5. The molecule has 3 rings (SSSR count). The molecule has 1 heterocycles. The Morgan fingerprint density at radius 2 is 1.75 bits per heavy atom. The van der Waals surface area contributed by atoms with Gasteiger partial charge in [-0.15, -0.1) is 0 Å². The summed E-state index contributed by atoms with van der Waals surface area (Å²) in [5, 5.41) is 5.69. The minimum absolute atomic E-state index is 0.0543. The molecule has 0 spiro atoms. The number of carbonyl (C=O) groups is 2. The van der Waals surface area contributed by atoms with Gasteiger partial charge in [-0.2, -0.15) is 0 Å². The number of hydrogen-bond donors (Lipinski definition) is 3. The number of likely N-dealkylation sites (N-methyl/N-ethyl adjacent to an activating group) is 1. The van der Waals surface area contributed by atoms with Gasteiger partial charge in [0.15, 0.2) is 0 Å². The lowest BCUT2D eigenvalue weighted by atomic mass is 10.0. The SMILES string of the molecule is CNC(=O)[C@H](Cc1ccc(-c2nc(C(C)C)cc(=O)[nH]2)cc1)NC(=O)c1ccc(OC(C)C)c(Cl)c1. The van der Waals surface area contributed by atoms with Crippen molar-refractivity contribution in [2.45, 2.75) is 52.2 Å². The average Bonchev–Trinajstić information content (AvgIpc) is 2.84. The van der Waals surface area contributed by atoms with Crippen molar-refractivity contribution in [3.8, 4) is 17.1 Å². The highest BCUT2D eigenvalue weighted by molar-refractivity contribution is 6.32. The number of aromatic nitrogens is 2. The third kappa shape index (κ3) is 6.95. The van der Waals surface area contributed by atoms with Gasteiger partial charge >= 0.3 is 0 Å². The molecule has 9 heteroatoms. The molecule has 0 unspecified atom stereocenters. The number of hydrogen-bond acceptors (Lipinski definition) is 5. The third-order valence-electron chi connectivity index (χ3n) is 5.45. The first kappa shape index (κ1) is 26.9. The molecule has 0 fully saturated rings. The van der Waals surface area contributed by atoms with Gasteiger partial charge in [-0.3, -0.25) is 14.4 Å². The van der Waals surface area contributed by atoms with Crippen LogP contribution < -0.4 is 20.9 Å². The number of aromatic amines is 1. The topological polar surface area (TPSA) is 113 Å². The molecular weight excluding hydrogens is 480 g/mol. The van der Waals surface area contributed by atoms with Crippen LogP contribution in [0.25, 0.3) is 11.4 Å². The maximum absolute atomic E-state index is 12.9. The van der Waals surface area contributed by atoms with Gasteiger partial charge in [-0.25, -0.2) is 4.98 Å². The molecule has 0 aliphatic carbocycles. The number of halogens is 1. The van der Waals surface area contributed by atoms with Crippen molar-refractivity contribution >= 4 is 23.4 Å². The lowest BCUT2D eigenvalue weighted by molar-refractivity contribution is -0.122. The highest BCUT2D eigenvalue weighted by Gasteiger charge is 2.22. The van der Waals surface area contributed by atoms with Gasteiger partial charge in [-0.05, 0) is 43.5 Å². The molecule has 190 valence electrons. The molecule has 2 aromatic carbocycles. The van der Waals surface area contributed by atoms with Crippen molar-refractivity contribution in [1.29, 1.82) is 0 Å². The minimum Gasteiger partial charge on any atom is -0.489 e. The Morgan fingerprint density at radius 3 is 2.33 bits per heavy atom. The second-order valence-electron chi connectivity index (χ2n) is 9.03. The fourth-order valence-corrected chi connectivity index (χ4v) is 3.79. The maximum atomic E-state index is 12.9. The van der Waals surface area contributed by atoms with Gasteiger partial charge < -0.3 is 20.4 Å². The minimum atomic E-state index is -0.805. The van der Waals surface area contributed by atoms with Gasteiger partial charge in [0.25, 0.3) is 11.5 Å². The van der Waals surface area contributed by atoms with Gasteiger partial charge in [0.2, 0.25) is 5.91 Å². The zero-order valence-corrected chi connectivity index (χ0v) is 21.8. The van der Waals surface area contributed by atoms with E-state index in [0.717, 1.165) is 11.1 Å². The van der Waals surface area contributed by atoms with E-state index in [1.165, 1.54) is 19.2 Å². The molecule has 0 aliphatic heterocycles. The fourth-order valence-electron chi connectivity index (χ4n) is 3.56. The van der Waals surface area contributed by atoms with E-state index in [4.69, 9.17) is 16.3 Å². The predicted molar refractivity (Wildman–Crippen MR) is 141 cm³/mol. The lowest BCUT2D eigenvalue weighted by Gasteiger charge is -2.18. The number of carbonyl (C=O) groups excluding carboxylic acids is 2. The van der Waals surface area contributed by atoms with Gasteiger partial charge in [-0.1, -0.05) is 49.7 Å². The zero-order valence-electron chi connectivity index (χ0n) is 21.0. The molecular formula is C27H31ClN4O4. The summed E-state index contributed by atoms with van der Waals surface area (Å²) < 4.78 is 5.61. The monoisotopic (exact) mass is 510 g/mol. The number of nitrogens with zero attached hydrogens (tertiary/aromatic N) is 1. The molecule has 2 amide bonds. The van der Waals surface area contributed by atoms with E-state index in [-0.39, 0.29) is 29.9 Å². The number of amides is 2. The van der Waals surface area contributed by atoms with Crippen LogP contribution in [0.3, 0.4) is 0 Å². The van der Waals surface area contributed by atoms with Crippen molar-refractivity contribution in [2.75, 3.05) is 7.05 Å². The number of nitrogens with one attached hydrogen (secondary N) is 3. The normalized spacial score (nSPS) is 11.9. The van der Waals surface area contributed by atoms with Crippen LogP contribution in [0.15, 0.2) is 53.3 Å². The third-order valence-corrected chi connectivity index (χ3v) is 5.74. The standard InChI is InChI=1S/C27H31ClN4O4/c1-15(2)21-14-24(33)32-25(30-21)18-8-6-17(7-9-18)12-22(27(35)29-5)31-26(34)19-10-11-23(20(28)13-19)36-16(3)4/h6-11,13-16,22H,12H2,1-5H3,(H,29,35)(H,31,34)(H,30,32,33)/t22-/m0/s1. The zero-order chi connectivity index (χ0) is 26.4. The summed E-state index contributed by atoms with van der Waals surface area (Å²) in [6, 6.07) is 12.8. The first-order chi connectivity index (χ1) is 17.1. The van der Waals surface area contributed by atoms with Crippen LogP contribution in [0.4, 0.5) is 0 Å². The van der Waals surface area contributed by atoms with E-state index in [0.29, 0.717) is 27.9 Å². The Kier molecular flexibility index (Phi) is 8.88. The van der Waals surface area contributed by atoms with Crippen LogP contribution in [0.5, 0.6) is 5.75 Å². The summed E-state index contributed by atoms with van der Waals surface area (Å²) in [4.78, 5) is 44.7. The maximum Gasteiger partial charge on any atom is 0.251 e. The molecule has 1 aromatic heterocycles. The van der Waals surface area contributed by atoms with Gasteiger partial charge in [0.05, 0.1) is 16.8 Å². The summed E-state index contributed by atoms with van der Waals surface area (Å²) in [5.41, 5.74) is 2.40. The Bertz CT molecular complexity index is 1290. The predicted octanol–water partition coefficient (Wildman–Crippen LogP) is 4.09. The first-order valence-corrected chi connectivity index (χ1v) is 12.1. The number of rotatable bonds is 9. The highest BCUT2D eigenvalue weighted by Crippen LogP contribution is 2.26. The van der Waals surface area contributed by atoms with Gasteiger partial charge in [0, 0.05) is 30.7 Å². The summed E-state index contributed by atoms with van der Waals surface area (Å²) >= 11 is 6.26. The van der Waals surface area contributed by atoms with Crippen molar-refractivity contribution < 1.29 is 14.3 Å². The largest absolute Gasteiger partial charge is 0.489 e. The number of H-pyrrole nitrogens is 1. The van der Waals surface area contributed by atoms with Crippen LogP contribution >= 0.6 is 11.6 Å². The van der Waals surface area contributed by atoms with Crippen LogP contribution in [-0.2, 0) is 11.2 Å². The molecule has 0 saturated heterocycles. The molecule has 0 radical (unpaired) electrons. The molecule has 0 saturated carbocycles. The van der Waals surface area contributed by atoms with Gasteiger partial charge in [0.1, 0.15) is 17.6 Å². The van der Waals surface area contributed by atoms with Crippen molar-refractivity contribution in [3.63, 3.8) is 0 Å². The summed E-state index contributed by atoms with van der Waals surface area (Å²) in [6.07, 6.45) is 0.214. The van der Waals surface area contributed by atoms with E-state index in [1.807, 2.05) is 52.0 Å². The van der Waals surface area contributed by atoms with E-state index < -0.39 is 11.9 Å². The molecule has 36 heavy (non-hydrogen) atoms. The molecule has 1 atom stereocenters. The summed E-state index contributed by atoms with van der Waals surface area (Å²) in [5.74, 6) is 0.340. The Morgan fingerprint density at radius 1 is 1.06 bits per heavy atom. The van der Waals surface area contributed by atoms with Crippen LogP contribution in [0.2, 0.25) is 5.02 Å². The lowest BCUT2D eigenvalue weighted by Crippen LogP contribution is -2.47. The van der Waals surface area contributed by atoms with E-state index in [2.05, 4.69) is 20.6 Å². The first-order valence-electron chi connectivity index (χ1n) is 11.8. The van der Waals surface area contributed by atoms with E-state index in [1.54, 1.807) is 12.1 Å². The van der Waals surface area contributed by atoms with Crippen LogP contribution in [0.1, 0.15) is 55.2 Å². The molecule has 0 bridgehead atoms. The molecule has 0 aliphatic rings. The fraction of sp³-hybridized carbons (Fsp3) is 0.333. The van der Waals surface area contributed by atoms with Crippen molar-refractivity contribution in [2.24, 2.45) is 0 Å². The van der Waals surface area contributed by atoms with Crippen LogP contribution in [0, 0.1) is 0 Å². The second kappa shape index (κ2) is 11.9. The van der Waals surface area contributed by atoms with E-state index >= 15 is 0 Å². The second-order valence-corrected chi connectivity index (χ2v) is 9.43. The average molecular weight is 511 g/mol. The van der Waals surface area contributed by atoms with Crippen molar-refractivity contribution in [3.05, 3.63) is 80.7 Å². The Hall–Kier alpha value is -3.65. The Labute approximate surface area is 215 Å². The smallest absolute Gasteiger partial charge is 0.251 e. The quantitative estimate of drug-likeness (QED) is 0.401. The summed E-state index contributed by atoms with van der Waals surface area (Å²) in [6.45, 7) is 7.72. The number of ether oxygens (including phenoxy) is 1. The van der Waals surface area contributed by atoms with E-state index in [9.17, 15) is 14.4 Å². The molecule has 3 aromatic rings.